The molecule has 1 N–H and O–H groups in total. The van der Waals surface area contributed by atoms with Crippen LogP contribution in [0.4, 0.5) is 0 Å². The molecular weight excluding hydrogens is 401 g/mol. The Balaban J connectivity index is 1.90. The van der Waals surface area contributed by atoms with E-state index in [0.29, 0.717) is 27.4 Å². The van der Waals surface area contributed by atoms with E-state index < -0.39 is 0 Å². The third-order valence-electron chi connectivity index (χ3n) is 3.40. The molecule has 4 aromatic rings. The minimum Gasteiger partial charge on any atom is -0.335 e. The van der Waals surface area contributed by atoms with E-state index in [2.05, 4.69) is 36.1 Å². The number of nitrogens with one attached hydrogen (secondary N) is 1. The fourth-order valence-electron chi connectivity index (χ4n) is 2.34. The highest BCUT2D eigenvalue weighted by Crippen LogP contribution is 2.31. The summed E-state index contributed by atoms with van der Waals surface area (Å²) < 4.78 is 2.71. The molecule has 0 bridgehead atoms. The quantitative estimate of drug-likeness (QED) is 0.514. The standard InChI is InChI=1S/C15H8BrCl2N5/c16-8-4-5-10-11(6-8)21-14(20-10)15-22-19-7-23(15)12-3-1-2-9(17)13(12)18/h1-7H,(H,20,21). The average Bonchev–Trinajstić information content (AvgIpc) is 3.15. The van der Waals surface area contributed by atoms with Gasteiger partial charge in [-0.25, -0.2) is 4.98 Å². The Bertz CT molecular complexity index is 1020. The van der Waals surface area contributed by atoms with Crippen LogP contribution in [0.3, 0.4) is 0 Å². The van der Waals surface area contributed by atoms with Crippen molar-refractivity contribution in [2.24, 2.45) is 0 Å². The van der Waals surface area contributed by atoms with Crippen LogP contribution < -0.4 is 0 Å². The van der Waals surface area contributed by atoms with Crippen molar-refractivity contribution in [1.82, 2.24) is 24.7 Å². The zero-order valence-corrected chi connectivity index (χ0v) is 14.6. The number of imidazole rings is 1. The highest BCUT2D eigenvalue weighted by molar-refractivity contribution is 9.10. The topological polar surface area (TPSA) is 59.4 Å². The molecule has 0 saturated carbocycles. The highest BCUT2D eigenvalue weighted by atomic mass is 79.9. The molecule has 2 heterocycles. The van der Waals surface area contributed by atoms with Crippen LogP contribution in [0.5, 0.6) is 0 Å². The van der Waals surface area contributed by atoms with Gasteiger partial charge < -0.3 is 4.98 Å². The molecule has 0 saturated heterocycles. The molecule has 2 aromatic carbocycles. The molecule has 2 aromatic heterocycles. The van der Waals surface area contributed by atoms with Crippen molar-refractivity contribution in [2.45, 2.75) is 0 Å². The SMILES string of the molecule is Clc1cccc(-n2cnnc2-c2nc3cc(Br)ccc3[nH]2)c1Cl. The number of aromatic amines is 1. The van der Waals surface area contributed by atoms with Gasteiger partial charge in [-0.1, -0.05) is 45.2 Å². The smallest absolute Gasteiger partial charge is 0.204 e. The summed E-state index contributed by atoms with van der Waals surface area (Å²) >= 11 is 15.8. The van der Waals surface area contributed by atoms with E-state index in [4.69, 9.17) is 23.2 Å². The van der Waals surface area contributed by atoms with Gasteiger partial charge in [-0.2, -0.15) is 0 Å². The highest BCUT2D eigenvalue weighted by Gasteiger charge is 2.16. The van der Waals surface area contributed by atoms with Crippen molar-refractivity contribution in [3.05, 3.63) is 57.2 Å². The summed E-state index contributed by atoms with van der Waals surface area (Å²) in [5.74, 6) is 1.16. The second-order valence-corrected chi connectivity index (χ2v) is 6.55. The molecule has 8 heteroatoms. The molecule has 23 heavy (non-hydrogen) atoms. The first-order valence-corrected chi connectivity index (χ1v) is 8.18. The number of nitrogens with zero attached hydrogens (tertiary/aromatic N) is 4. The van der Waals surface area contributed by atoms with Gasteiger partial charge in [-0.05, 0) is 30.3 Å². The Kier molecular flexibility index (Phi) is 3.60. The van der Waals surface area contributed by atoms with Gasteiger partial charge in [0.2, 0.25) is 5.82 Å². The number of fused-ring (bicyclic) bond motifs is 1. The molecule has 0 atom stereocenters. The molecule has 4 rings (SSSR count). The predicted molar refractivity (Wildman–Crippen MR) is 94.2 cm³/mol. The molecule has 0 aliphatic heterocycles. The second kappa shape index (κ2) is 5.63. The number of rotatable bonds is 2. The molecule has 114 valence electrons. The van der Waals surface area contributed by atoms with Gasteiger partial charge in [0.05, 0.1) is 26.8 Å². The normalized spacial score (nSPS) is 11.3. The van der Waals surface area contributed by atoms with Gasteiger partial charge in [0.15, 0.2) is 5.82 Å². The van der Waals surface area contributed by atoms with Gasteiger partial charge in [0.25, 0.3) is 0 Å². The van der Waals surface area contributed by atoms with E-state index in [1.54, 1.807) is 17.0 Å². The van der Waals surface area contributed by atoms with Crippen LogP contribution in [0.15, 0.2) is 47.2 Å². The molecular formula is C15H8BrCl2N5. The zero-order valence-electron chi connectivity index (χ0n) is 11.5. The molecule has 0 spiro atoms. The van der Waals surface area contributed by atoms with E-state index in [-0.39, 0.29) is 0 Å². The van der Waals surface area contributed by atoms with Crippen molar-refractivity contribution in [1.29, 1.82) is 0 Å². The van der Waals surface area contributed by atoms with E-state index in [9.17, 15) is 0 Å². The lowest BCUT2D eigenvalue weighted by atomic mass is 10.3. The number of aromatic nitrogens is 5. The molecule has 0 aliphatic rings. The molecule has 0 unspecified atom stereocenters. The van der Waals surface area contributed by atoms with Crippen molar-refractivity contribution in [2.75, 3.05) is 0 Å². The first kappa shape index (κ1) is 14.7. The summed E-state index contributed by atoms with van der Waals surface area (Å²) in [4.78, 5) is 7.81. The zero-order chi connectivity index (χ0) is 16.0. The lowest BCUT2D eigenvalue weighted by Crippen LogP contribution is -1.98. The van der Waals surface area contributed by atoms with Crippen molar-refractivity contribution < 1.29 is 0 Å². The van der Waals surface area contributed by atoms with Crippen molar-refractivity contribution in [3.63, 3.8) is 0 Å². The summed E-state index contributed by atoms with van der Waals surface area (Å²) in [6.07, 6.45) is 1.58. The lowest BCUT2D eigenvalue weighted by molar-refractivity contribution is 1.04. The summed E-state index contributed by atoms with van der Waals surface area (Å²) in [6, 6.07) is 11.2. The summed E-state index contributed by atoms with van der Waals surface area (Å²) in [5.41, 5.74) is 2.44. The fourth-order valence-corrected chi connectivity index (χ4v) is 3.07. The molecule has 0 amide bonds. The van der Waals surface area contributed by atoms with Crippen LogP contribution in [0.25, 0.3) is 28.4 Å². The first-order chi connectivity index (χ1) is 11.1. The van der Waals surface area contributed by atoms with Crippen molar-refractivity contribution >= 4 is 50.2 Å². The van der Waals surface area contributed by atoms with E-state index in [0.717, 1.165) is 15.5 Å². The van der Waals surface area contributed by atoms with E-state index in [1.165, 1.54) is 0 Å². The van der Waals surface area contributed by atoms with Crippen LogP contribution in [-0.2, 0) is 0 Å². The monoisotopic (exact) mass is 407 g/mol. The van der Waals surface area contributed by atoms with Gasteiger partial charge in [-0.15, -0.1) is 10.2 Å². The number of hydrogen-bond donors (Lipinski definition) is 1. The van der Waals surface area contributed by atoms with Gasteiger partial charge >= 0.3 is 0 Å². The third kappa shape index (κ3) is 2.52. The van der Waals surface area contributed by atoms with Gasteiger partial charge in [0, 0.05) is 4.47 Å². The van der Waals surface area contributed by atoms with Crippen LogP contribution >= 0.6 is 39.1 Å². The Morgan fingerprint density at radius 2 is 2.00 bits per heavy atom. The van der Waals surface area contributed by atoms with E-state index >= 15 is 0 Å². The molecule has 5 nitrogen and oxygen atoms in total. The summed E-state index contributed by atoms with van der Waals surface area (Å²) in [6.45, 7) is 0. The molecule has 0 fully saturated rings. The summed E-state index contributed by atoms with van der Waals surface area (Å²) in [5, 5.41) is 9.04. The van der Waals surface area contributed by atoms with Gasteiger partial charge in [-0.3, -0.25) is 4.57 Å². The number of H-pyrrole nitrogens is 1. The Hall–Kier alpha value is -1.89. The average molecular weight is 409 g/mol. The maximum atomic E-state index is 6.30. The van der Waals surface area contributed by atoms with Crippen LogP contribution in [0.2, 0.25) is 10.0 Å². The first-order valence-electron chi connectivity index (χ1n) is 6.63. The van der Waals surface area contributed by atoms with Crippen LogP contribution in [0.1, 0.15) is 0 Å². The Labute approximate surface area is 149 Å². The largest absolute Gasteiger partial charge is 0.335 e. The lowest BCUT2D eigenvalue weighted by Gasteiger charge is -2.08. The fraction of sp³-hybridized carbons (Fsp3) is 0. The Morgan fingerprint density at radius 3 is 2.87 bits per heavy atom. The minimum atomic E-state index is 0.439. The predicted octanol–water partition coefficient (Wildman–Crippen LogP) is 4.88. The number of hydrogen-bond acceptors (Lipinski definition) is 3. The minimum absolute atomic E-state index is 0.439. The maximum absolute atomic E-state index is 6.30. The maximum Gasteiger partial charge on any atom is 0.204 e. The molecule has 0 aliphatic carbocycles. The number of halogens is 3. The van der Waals surface area contributed by atoms with Crippen LogP contribution in [0, 0.1) is 0 Å². The third-order valence-corrected chi connectivity index (χ3v) is 4.70. The molecule has 0 radical (unpaired) electrons. The number of benzene rings is 2. The van der Waals surface area contributed by atoms with Gasteiger partial charge in [0.1, 0.15) is 6.33 Å². The summed E-state index contributed by atoms with van der Waals surface area (Å²) in [7, 11) is 0. The van der Waals surface area contributed by atoms with Crippen LogP contribution in [-0.4, -0.2) is 24.7 Å². The van der Waals surface area contributed by atoms with E-state index in [1.807, 2.05) is 30.3 Å². The van der Waals surface area contributed by atoms with Crippen molar-refractivity contribution in [3.8, 4) is 17.3 Å². The second-order valence-electron chi connectivity index (χ2n) is 4.84. The Morgan fingerprint density at radius 1 is 1.13 bits per heavy atom.